The zero-order valence-electron chi connectivity index (χ0n) is 17.0. The van der Waals surface area contributed by atoms with Gasteiger partial charge in [-0.05, 0) is 31.4 Å². The number of hydrogen-bond acceptors (Lipinski definition) is 5. The van der Waals surface area contributed by atoms with Crippen molar-refractivity contribution >= 4 is 29.0 Å². The molecular formula is C20H24F3N3O3S. The summed E-state index contributed by atoms with van der Waals surface area (Å²) in [6.07, 6.45) is -3.93. The molecule has 0 saturated carbocycles. The van der Waals surface area contributed by atoms with E-state index in [1.165, 1.54) is 39.8 Å². The molecule has 0 aliphatic carbocycles. The van der Waals surface area contributed by atoms with E-state index in [1.807, 2.05) is 13.8 Å². The van der Waals surface area contributed by atoms with Crippen LogP contribution < -0.4 is 5.32 Å². The van der Waals surface area contributed by atoms with E-state index in [2.05, 4.69) is 10.3 Å². The molecule has 0 unspecified atom stereocenters. The SMILES string of the molecule is CCOC(=O)c1csc(CN(CCC(C)C)C(=O)Nc2ccccc2C(F)(F)F)n1. The van der Waals surface area contributed by atoms with E-state index < -0.39 is 23.7 Å². The van der Waals surface area contributed by atoms with Gasteiger partial charge in [-0.15, -0.1) is 11.3 Å². The van der Waals surface area contributed by atoms with Gasteiger partial charge in [-0.2, -0.15) is 13.2 Å². The maximum absolute atomic E-state index is 13.2. The van der Waals surface area contributed by atoms with Gasteiger partial charge in [0, 0.05) is 11.9 Å². The fourth-order valence-corrected chi connectivity index (χ4v) is 3.32. The molecule has 0 saturated heterocycles. The molecule has 164 valence electrons. The minimum Gasteiger partial charge on any atom is -0.461 e. The lowest BCUT2D eigenvalue weighted by Crippen LogP contribution is -2.36. The number of anilines is 1. The second kappa shape index (κ2) is 10.4. The molecule has 2 aromatic rings. The number of nitrogens with zero attached hydrogens (tertiary/aromatic N) is 2. The molecule has 10 heteroatoms. The lowest BCUT2D eigenvalue weighted by molar-refractivity contribution is -0.136. The van der Waals surface area contributed by atoms with Crippen LogP contribution in [-0.4, -0.2) is 35.0 Å². The number of benzene rings is 1. The van der Waals surface area contributed by atoms with Crippen molar-refractivity contribution in [3.63, 3.8) is 0 Å². The quantitative estimate of drug-likeness (QED) is 0.553. The van der Waals surface area contributed by atoms with E-state index in [4.69, 9.17) is 4.74 Å². The van der Waals surface area contributed by atoms with E-state index in [1.54, 1.807) is 6.92 Å². The highest BCUT2D eigenvalue weighted by Crippen LogP contribution is 2.34. The normalized spacial score (nSPS) is 11.4. The highest BCUT2D eigenvalue weighted by atomic mass is 32.1. The average molecular weight is 443 g/mol. The van der Waals surface area contributed by atoms with Gasteiger partial charge in [-0.25, -0.2) is 14.6 Å². The van der Waals surface area contributed by atoms with Crippen LogP contribution in [0.3, 0.4) is 0 Å². The summed E-state index contributed by atoms with van der Waals surface area (Å²) in [5, 5.41) is 4.38. The van der Waals surface area contributed by atoms with Crippen molar-refractivity contribution in [2.75, 3.05) is 18.5 Å². The van der Waals surface area contributed by atoms with Gasteiger partial charge >= 0.3 is 18.2 Å². The highest BCUT2D eigenvalue weighted by Gasteiger charge is 2.34. The number of urea groups is 1. The summed E-state index contributed by atoms with van der Waals surface area (Å²) in [5.41, 5.74) is -1.08. The topological polar surface area (TPSA) is 71.5 Å². The van der Waals surface area contributed by atoms with Gasteiger partial charge in [0.15, 0.2) is 5.69 Å². The first-order chi connectivity index (χ1) is 14.1. The van der Waals surface area contributed by atoms with E-state index in [-0.39, 0.29) is 30.5 Å². The average Bonchev–Trinajstić information content (AvgIpc) is 3.13. The van der Waals surface area contributed by atoms with Crippen molar-refractivity contribution in [2.45, 2.75) is 39.9 Å². The van der Waals surface area contributed by atoms with Gasteiger partial charge in [0.25, 0.3) is 0 Å². The van der Waals surface area contributed by atoms with Crippen LogP contribution in [0, 0.1) is 5.92 Å². The monoisotopic (exact) mass is 443 g/mol. The number of rotatable bonds is 8. The van der Waals surface area contributed by atoms with E-state index >= 15 is 0 Å². The molecule has 0 aliphatic heterocycles. The van der Waals surface area contributed by atoms with Crippen molar-refractivity contribution in [1.82, 2.24) is 9.88 Å². The predicted molar refractivity (Wildman–Crippen MR) is 108 cm³/mol. The third-order valence-electron chi connectivity index (χ3n) is 4.10. The first-order valence-corrected chi connectivity index (χ1v) is 10.3. The zero-order chi connectivity index (χ0) is 22.3. The van der Waals surface area contributed by atoms with Crippen LogP contribution in [0.4, 0.5) is 23.7 Å². The Balaban J connectivity index is 2.19. The van der Waals surface area contributed by atoms with E-state index in [0.29, 0.717) is 18.0 Å². The number of alkyl halides is 3. The summed E-state index contributed by atoms with van der Waals surface area (Å²) in [4.78, 5) is 30.1. The van der Waals surface area contributed by atoms with Crippen LogP contribution in [0.15, 0.2) is 29.6 Å². The standard InChI is InChI=1S/C20H24F3N3O3S/c1-4-29-18(27)16-12-30-17(24-16)11-26(10-9-13(2)3)19(28)25-15-8-6-5-7-14(15)20(21,22)23/h5-8,12-13H,4,9-11H2,1-3H3,(H,25,28). The summed E-state index contributed by atoms with van der Waals surface area (Å²) in [7, 11) is 0. The molecule has 2 rings (SSSR count). The summed E-state index contributed by atoms with van der Waals surface area (Å²) >= 11 is 1.18. The van der Waals surface area contributed by atoms with Crippen molar-refractivity contribution in [1.29, 1.82) is 0 Å². The molecule has 1 N–H and O–H groups in total. The number of carbonyl (C=O) groups excluding carboxylic acids is 2. The summed E-state index contributed by atoms with van der Waals surface area (Å²) in [6, 6.07) is 4.15. The first kappa shape index (κ1) is 23.7. The number of carbonyl (C=O) groups is 2. The third-order valence-corrected chi connectivity index (χ3v) is 4.93. The molecule has 0 aliphatic rings. The number of amides is 2. The number of aromatic nitrogens is 1. The first-order valence-electron chi connectivity index (χ1n) is 9.45. The molecule has 0 bridgehead atoms. The van der Waals surface area contributed by atoms with Crippen molar-refractivity contribution in [3.8, 4) is 0 Å². The van der Waals surface area contributed by atoms with Crippen molar-refractivity contribution in [2.24, 2.45) is 5.92 Å². The Morgan fingerprint density at radius 2 is 1.97 bits per heavy atom. The van der Waals surface area contributed by atoms with E-state index in [9.17, 15) is 22.8 Å². The van der Waals surface area contributed by atoms with E-state index in [0.717, 1.165) is 6.07 Å². The van der Waals surface area contributed by atoms with Crippen LogP contribution in [0.25, 0.3) is 0 Å². The highest BCUT2D eigenvalue weighted by molar-refractivity contribution is 7.09. The summed E-state index contributed by atoms with van der Waals surface area (Å²) < 4.78 is 44.6. The Morgan fingerprint density at radius 3 is 2.60 bits per heavy atom. The van der Waals surface area contributed by atoms with Gasteiger partial charge in [-0.1, -0.05) is 26.0 Å². The Labute approximate surface area is 177 Å². The van der Waals surface area contributed by atoms with Crippen molar-refractivity contribution in [3.05, 3.63) is 45.9 Å². The molecule has 1 heterocycles. The molecule has 0 radical (unpaired) electrons. The number of para-hydroxylation sites is 1. The number of halogens is 3. The largest absolute Gasteiger partial charge is 0.461 e. The Hall–Kier alpha value is -2.62. The molecule has 1 aromatic carbocycles. The Morgan fingerprint density at radius 1 is 1.27 bits per heavy atom. The van der Waals surface area contributed by atoms with Gasteiger partial charge in [0.2, 0.25) is 0 Å². The Kier molecular flexibility index (Phi) is 8.22. The van der Waals surface area contributed by atoms with Gasteiger partial charge < -0.3 is 15.0 Å². The van der Waals surface area contributed by atoms with Gasteiger partial charge in [-0.3, -0.25) is 0 Å². The van der Waals surface area contributed by atoms with Crippen LogP contribution in [0.2, 0.25) is 0 Å². The third kappa shape index (κ3) is 6.72. The number of ether oxygens (including phenoxy) is 1. The minimum absolute atomic E-state index is 0.0663. The number of nitrogens with one attached hydrogen (secondary N) is 1. The second-order valence-electron chi connectivity index (χ2n) is 6.92. The van der Waals surface area contributed by atoms with Gasteiger partial charge in [0.1, 0.15) is 5.01 Å². The number of thiazole rings is 1. The number of hydrogen-bond donors (Lipinski definition) is 1. The maximum atomic E-state index is 13.2. The zero-order valence-corrected chi connectivity index (χ0v) is 17.8. The summed E-state index contributed by atoms with van der Waals surface area (Å²) in [5.74, 6) is -0.272. The van der Waals surface area contributed by atoms with Crippen LogP contribution in [-0.2, 0) is 17.5 Å². The van der Waals surface area contributed by atoms with Crippen LogP contribution >= 0.6 is 11.3 Å². The fraction of sp³-hybridized carbons (Fsp3) is 0.450. The molecule has 1 aromatic heterocycles. The lowest BCUT2D eigenvalue weighted by Gasteiger charge is -2.24. The molecule has 0 fully saturated rings. The Bertz CT molecular complexity index is 868. The molecule has 0 spiro atoms. The maximum Gasteiger partial charge on any atom is 0.418 e. The lowest BCUT2D eigenvalue weighted by atomic mass is 10.1. The fourth-order valence-electron chi connectivity index (χ4n) is 2.55. The molecule has 0 atom stereocenters. The smallest absolute Gasteiger partial charge is 0.418 e. The molecule has 30 heavy (non-hydrogen) atoms. The van der Waals surface area contributed by atoms with Crippen molar-refractivity contribution < 1.29 is 27.5 Å². The molecule has 6 nitrogen and oxygen atoms in total. The predicted octanol–water partition coefficient (Wildman–Crippen LogP) is 5.42. The molecular weight excluding hydrogens is 419 g/mol. The summed E-state index contributed by atoms with van der Waals surface area (Å²) in [6.45, 7) is 6.26. The second-order valence-corrected chi connectivity index (χ2v) is 7.87. The van der Waals surface area contributed by atoms with Crippen LogP contribution in [0.5, 0.6) is 0 Å². The minimum atomic E-state index is -4.59. The van der Waals surface area contributed by atoms with Gasteiger partial charge in [0.05, 0.1) is 24.4 Å². The van der Waals surface area contributed by atoms with Crippen LogP contribution in [0.1, 0.15) is 48.3 Å². The number of esters is 1. The molecule has 2 amide bonds.